The van der Waals surface area contributed by atoms with Crippen molar-refractivity contribution >= 4 is 126 Å². The van der Waals surface area contributed by atoms with Gasteiger partial charge in [-0.3, -0.25) is 15.0 Å². The molecule has 9 aromatic carbocycles. The molecule has 0 radical (unpaired) electrons. The standard InChI is InChI=1S/3C24H16N2O6S2.Na.Ru.H/c3*27-33(28,29)23-20(16-9-5-2-6-10-16)19-12-11-18-17(15-7-3-1-4-8-15)13-14-25-21(18)22(19)26-24(23)34(30,31)32;;;/h3*1-14H,(H,27,28,29)(H,30,31,32);;;/q;;;+1;+2;-1/p-6. The van der Waals surface area contributed by atoms with Crippen molar-refractivity contribution in [2.75, 3.05) is 0 Å². The van der Waals surface area contributed by atoms with E-state index in [1.807, 2.05) is 91.0 Å². The van der Waals surface area contributed by atoms with E-state index in [1.54, 1.807) is 109 Å². The Bertz CT molecular complexity index is 6030. The van der Waals surface area contributed by atoms with Crippen LogP contribution >= 0.6 is 0 Å². The first-order valence-electron chi connectivity index (χ1n) is 29.8. The van der Waals surface area contributed by atoms with Crippen LogP contribution in [-0.4, -0.2) is 108 Å². The molecule has 15 rings (SSSR count). The second kappa shape index (κ2) is 29.6. The zero-order valence-corrected chi connectivity index (χ0v) is 61.7. The molecule has 0 amide bonds. The van der Waals surface area contributed by atoms with Crippen molar-refractivity contribution in [3.8, 4) is 66.8 Å². The van der Waals surface area contributed by atoms with Crippen molar-refractivity contribution in [3.63, 3.8) is 0 Å². The van der Waals surface area contributed by atoms with E-state index >= 15 is 0 Å². The Balaban J connectivity index is 0.000000166. The quantitative estimate of drug-likeness (QED) is 0.0625. The number of hydrogen-bond donors (Lipinski definition) is 0. The number of pyridine rings is 6. The van der Waals surface area contributed by atoms with Gasteiger partial charge in [-0.1, -0.05) is 218 Å². The Kier molecular flexibility index (Phi) is 21.5. The predicted molar refractivity (Wildman–Crippen MR) is 373 cm³/mol. The molecule has 0 saturated carbocycles. The molecule has 0 spiro atoms. The molecule has 0 saturated heterocycles. The van der Waals surface area contributed by atoms with Gasteiger partial charge in [0, 0.05) is 67.6 Å². The zero-order chi connectivity index (χ0) is 72.3. The Morgan fingerprint density at radius 2 is 0.423 bits per heavy atom. The van der Waals surface area contributed by atoms with Crippen LogP contribution < -0.4 is 29.6 Å². The van der Waals surface area contributed by atoms with Gasteiger partial charge < -0.3 is 28.7 Å². The summed E-state index contributed by atoms with van der Waals surface area (Å²) < 4.78 is 219. The maximum atomic E-state index is 12.2. The van der Waals surface area contributed by atoms with Crippen molar-refractivity contribution < 1.29 is 128 Å². The second-order valence-corrected chi connectivity index (χ2v) is 30.3. The van der Waals surface area contributed by atoms with Crippen LogP contribution in [-0.2, 0) is 80.2 Å². The minimum atomic E-state index is -5.44. The third-order valence-electron chi connectivity index (χ3n) is 16.3. The third kappa shape index (κ3) is 15.0. The molecule has 0 fully saturated rings. The van der Waals surface area contributed by atoms with Crippen LogP contribution in [0.1, 0.15) is 1.43 Å². The van der Waals surface area contributed by atoms with E-state index in [2.05, 4.69) is 29.9 Å². The number of nitrogens with zero attached hydrogens (tertiary/aromatic N) is 6. The Hall–Kier alpha value is -9.48. The first kappa shape index (κ1) is 75.7. The summed E-state index contributed by atoms with van der Waals surface area (Å²) in [6.07, 6.45) is 4.53. The summed E-state index contributed by atoms with van der Waals surface area (Å²) in [7, 11) is -32.5. The van der Waals surface area contributed by atoms with E-state index in [-0.39, 0.29) is 133 Å². The normalized spacial score (nSPS) is 12.1. The van der Waals surface area contributed by atoms with Crippen LogP contribution in [0.15, 0.2) is 285 Å². The summed E-state index contributed by atoms with van der Waals surface area (Å²) in [4.78, 5) is 21.3. The molecule has 518 valence electrons. The Labute approximate surface area is 630 Å². The van der Waals surface area contributed by atoms with E-state index in [9.17, 15) is 77.8 Å². The van der Waals surface area contributed by atoms with E-state index in [0.29, 0.717) is 16.2 Å². The summed E-state index contributed by atoms with van der Waals surface area (Å²) in [6.45, 7) is 0. The van der Waals surface area contributed by atoms with Gasteiger partial charge in [-0.15, -0.1) is 0 Å². The molecule has 15 aromatic rings. The van der Waals surface area contributed by atoms with Gasteiger partial charge in [0.25, 0.3) is 0 Å². The molecular formula is C72H43N6NaO18RuS6-4. The fourth-order valence-electron chi connectivity index (χ4n) is 12.2. The molecule has 32 heteroatoms. The summed E-state index contributed by atoms with van der Waals surface area (Å²) in [5.41, 5.74) is 5.83. The Morgan fingerprint density at radius 3 is 0.615 bits per heavy atom. The molecule has 0 unspecified atom stereocenters. The maximum Gasteiger partial charge on any atom is 2.00 e. The minimum Gasteiger partial charge on any atom is -1.00 e. The smallest absolute Gasteiger partial charge is 1.00 e. The molecule has 6 aromatic heterocycles. The van der Waals surface area contributed by atoms with Crippen molar-refractivity contribution in [3.05, 3.63) is 255 Å². The van der Waals surface area contributed by atoms with E-state index in [4.69, 9.17) is 0 Å². The van der Waals surface area contributed by atoms with Crippen molar-refractivity contribution in [2.45, 2.75) is 29.8 Å². The largest absolute Gasteiger partial charge is 2.00 e. The molecule has 0 aliphatic rings. The number of benzene rings is 9. The van der Waals surface area contributed by atoms with Gasteiger partial charge in [0.05, 0.1) is 47.8 Å². The second-order valence-electron chi connectivity index (χ2n) is 22.4. The molecule has 0 bridgehead atoms. The van der Waals surface area contributed by atoms with Crippen LogP contribution in [0.5, 0.6) is 0 Å². The average Bonchev–Trinajstić information content (AvgIpc) is 0.736. The minimum absolute atomic E-state index is 0. The fraction of sp³-hybridized carbons (Fsp3) is 0. The molecule has 6 heterocycles. The van der Waals surface area contributed by atoms with Crippen LogP contribution in [0, 0.1) is 0 Å². The number of hydrogen-bond acceptors (Lipinski definition) is 24. The number of aromatic nitrogens is 6. The molecule has 0 N–H and O–H groups in total. The first-order chi connectivity index (χ1) is 48.5. The van der Waals surface area contributed by atoms with Gasteiger partial charge in [0.1, 0.15) is 60.7 Å². The molecular weight excluding hydrogens is 1550 g/mol. The van der Waals surface area contributed by atoms with Gasteiger partial charge in [-0.2, -0.15) is 0 Å². The maximum absolute atomic E-state index is 12.2. The number of rotatable bonds is 12. The van der Waals surface area contributed by atoms with Gasteiger partial charge in [0.2, 0.25) is 0 Å². The molecule has 0 aliphatic carbocycles. The summed E-state index contributed by atoms with van der Waals surface area (Å²) in [5, 5.41) is -1.65. The molecule has 24 nitrogen and oxygen atoms in total. The topological polar surface area (TPSA) is 421 Å². The van der Waals surface area contributed by atoms with Crippen molar-refractivity contribution in [1.82, 2.24) is 29.9 Å². The van der Waals surface area contributed by atoms with Crippen LogP contribution in [0.3, 0.4) is 0 Å². The van der Waals surface area contributed by atoms with Gasteiger partial charge >= 0.3 is 49.0 Å². The monoisotopic (exact) mass is 1600 g/mol. The molecule has 0 aliphatic heterocycles. The van der Waals surface area contributed by atoms with E-state index in [0.717, 1.165) is 33.4 Å². The molecule has 0 atom stereocenters. The molecule has 104 heavy (non-hydrogen) atoms. The van der Waals surface area contributed by atoms with Gasteiger partial charge in [-0.25, -0.2) is 65.5 Å². The van der Waals surface area contributed by atoms with E-state index < -0.39 is 90.5 Å². The average molecular weight is 1600 g/mol. The number of fused-ring (bicyclic) bond motifs is 9. The van der Waals surface area contributed by atoms with Gasteiger partial charge in [-0.05, 0) is 68.3 Å². The third-order valence-corrected chi connectivity index (χ3v) is 21.7. The summed E-state index contributed by atoms with van der Waals surface area (Å²) in [6, 6.07) is 66.9. The summed E-state index contributed by atoms with van der Waals surface area (Å²) >= 11 is 0. The predicted octanol–water partition coefficient (Wildman–Crippen LogP) is 8.89. The van der Waals surface area contributed by atoms with Crippen LogP contribution in [0.2, 0.25) is 0 Å². The fourth-order valence-corrected chi connectivity index (χ4v) is 17.8. The van der Waals surface area contributed by atoms with E-state index in [1.165, 1.54) is 55.0 Å². The van der Waals surface area contributed by atoms with Crippen molar-refractivity contribution in [1.29, 1.82) is 0 Å². The van der Waals surface area contributed by atoms with Gasteiger partial charge in [0.15, 0.2) is 15.1 Å². The Morgan fingerprint density at radius 1 is 0.231 bits per heavy atom. The van der Waals surface area contributed by atoms with Crippen molar-refractivity contribution in [2.24, 2.45) is 0 Å². The SMILES string of the molecule is O=S(=O)([O-])c1nc2c(ccc3c(-c4ccccc4)ccnc32)c(-c2ccccc2)c1S(=O)(=O)[O-].O=S(=O)([O-])c1nc2c(ccc3c(-c4ccccc4)ccnc32)c(-c2ccccc2)c1S(=O)(=O)[O-].O=S(=O)([O-])c1nc2c(ccc3c(-c4ccccc4)ccnc32)c(-c2ccccc2)c1S(=O)(=O)[O-].[H-].[Na+].[Ru+2]. The first-order valence-corrected chi connectivity index (χ1v) is 38.3. The van der Waals surface area contributed by atoms with Crippen LogP contribution in [0.25, 0.3) is 132 Å². The van der Waals surface area contributed by atoms with Crippen LogP contribution in [0.4, 0.5) is 0 Å². The summed E-state index contributed by atoms with van der Waals surface area (Å²) in [5.74, 6) is 0. The zero-order valence-electron chi connectivity index (χ0n) is 54.1.